The minimum absolute atomic E-state index is 0.100. The van der Waals surface area contributed by atoms with Crippen molar-refractivity contribution in [1.82, 2.24) is 15.1 Å². The molecule has 1 rings (SSSR count). The average molecular weight is 232 g/mol. The summed E-state index contributed by atoms with van der Waals surface area (Å²) in [7, 11) is 1.85. The van der Waals surface area contributed by atoms with Gasteiger partial charge in [-0.25, -0.2) is 0 Å². The molecular weight excluding hydrogens is 214 g/mol. The fraction of sp³-hybridized carbons (Fsp3) is 0.700. The molecule has 4 nitrogen and oxygen atoms in total. The topological polar surface area (TPSA) is 50.1 Å². The highest BCUT2D eigenvalue weighted by Crippen LogP contribution is 2.20. The van der Waals surface area contributed by atoms with E-state index in [-0.39, 0.29) is 18.2 Å². The Balaban J connectivity index is 2.66. The molecule has 0 fully saturated rings. The standard InChI is InChI=1S/C10H18ClN3O/c1-8(4-10(2,7-15)12-3)14-6-9(11)5-13-14/h5-6,8,12,15H,4,7H2,1-3H3. The quantitative estimate of drug-likeness (QED) is 0.807. The number of nitrogens with zero attached hydrogens (tertiary/aromatic N) is 2. The van der Waals surface area contributed by atoms with Crippen molar-refractivity contribution in [3.63, 3.8) is 0 Å². The molecule has 0 saturated heterocycles. The van der Waals surface area contributed by atoms with E-state index < -0.39 is 0 Å². The second-order valence-corrected chi connectivity index (χ2v) is 4.60. The summed E-state index contributed by atoms with van der Waals surface area (Å²) in [5, 5.41) is 17.2. The molecule has 0 bridgehead atoms. The maximum Gasteiger partial charge on any atom is 0.0785 e. The molecule has 0 radical (unpaired) electrons. The largest absolute Gasteiger partial charge is 0.394 e. The summed E-state index contributed by atoms with van der Waals surface area (Å²) in [5.41, 5.74) is -0.280. The van der Waals surface area contributed by atoms with Gasteiger partial charge in [0.05, 0.1) is 23.9 Å². The number of hydrogen-bond donors (Lipinski definition) is 2. The molecule has 0 aliphatic heterocycles. The average Bonchev–Trinajstić information content (AvgIpc) is 2.65. The maximum atomic E-state index is 9.27. The molecule has 0 aromatic carbocycles. The Kier molecular flexibility index (Phi) is 4.13. The van der Waals surface area contributed by atoms with E-state index in [1.54, 1.807) is 12.4 Å². The van der Waals surface area contributed by atoms with Crippen molar-refractivity contribution in [3.05, 3.63) is 17.4 Å². The zero-order chi connectivity index (χ0) is 11.5. The Morgan fingerprint density at radius 3 is 2.80 bits per heavy atom. The highest BCUT2D eigenvalue weighted by Gasteiger charge is 2.24. The molecule has 0 aliphatic rings. The van der Waals surface area contributed by atoms with Crippen LogP contribution in [-0.4, -0.2) is 34.1 Å². The first-order valence-electron chi connectivity index (χ1n) is 5.00. The summed E-state index contributed by atoms with van der Waals surface area (Å²) in [6.45, 7) is 4.13. The van der Waals surface area contributed by atoms with E-state index in [1.165, 1.54) is 0 Å². The molecule has 1 aromatic heterocycles. The molecule has 2 N–H and O–H groups in total. The number of hydrogen-bond acceptors (Lipinski definition) is 3. The van der Waals surface area contributed by atoms with Gasteiger partial charge in [0, 0.05) is 11.7 Å². The number of halogens is 1. The summed E-state index contributed by atoms with van der Waals surface area (Å²) in [6, 6.07) is 0.196. The zero-order valence-electron chi connectivity index (χ0n) is 9.37. The normalized spacial score (nSPS) is 17.4. The van der Waals surface area contributed by atoms with Crippen LogP contribution in [-0.2, 0) is 0 Å². The molecule has 0 spiro atoms. The van der Waals surface area contributed by atoms with Crippen molar-refractivity contribution in [2.24, 2.45) is 0 Å². The van der Waals surface area contributed by atoms with Crippen LogP contribution < -0.4 is 5.32 Å². The number of aliphatic hydroxyl groups is 1. The van der Waals surface area contributed by atoms with E-state index in [2.05, 4.69) is 17.3 Å². The number of likely N-dealkylation sites (N-methyl/N-ethyl adjacent to an activating group) is 1. The fourth-order valence-electron chi connectivity index (χ4n) is 1.55. The number of aliphatic hydroxyl groups excluding tert-OH is 1. The van der Waals surface area contributed by atoms with Crippen LogP contribution in [0.2, 0.25) is 5.02 Å². The van der Waals surface area contributed by atoms with Gasteiger partial charge in [0.2, 0.25) is 0 Å². The van der Waals surface area contributed by atoms with Gasteiger partial charge in [-0.3, -0.25) is 4.68 Å². The van der Waals surface area contributed by atoms with Crippen molar-refractivity contribution in [2.75, 3.05) is 13.7 Å². The first-order chi connectivity index (χ1) is 7.00. The molecule has 2 atom stereocenters. The summed E-state index contributed by atoms with van der Waals surface area (Å²) in [4.78, 5) is 0. The smallest absolute Gasteiger partial charge is 0.0785 e. The van der Waals surface area contributed by atoms with Crippen molar-refractivity contribution >= 4 is 11.6 Å². The molecule has 86 valence electrons. The van der Waals surface area contributed by atoms with Crippen molar-refractivity contribution in [3.8, 4) is 0 Å². The highest BCUT2D eigenvalue weighted by molar-refractivity contribution is 6.30. The molecule has 5 heteroatoms. The van der Waals surface area contributed by atoms with Crippen LogP contribution in [0, 0.1) is 0 Å². The van der Waals surface area contributed by atoms with Gasteiger partial charge in [-0.05, 0) is 27.3 Å². The van der Waals surface area contributed by atoms with E-state index >= 15 is 0 Å². The van der Waals surface area contributed by atoms with Gasteiger partial charge in [0.1, 0.15) is 0 Å². The van der Waals surface area contributed by atoms with E-state index in [1.807, 2.05) is 18.7 Å². The van der Waals surface area contributed by atoms with E-state index in [0.717, 1.165) is 6.42 Å². The number of aromatic nitrogens is 2. The number of nitrogens with one attached hydrogen (secondary N) is 1. The third-order valence-electron chi connectivity index (χ3n) is 2.72. The Morgan fingerprint density at radius 1 is 1.73 bits per heavy atom. The third kappa shape index (κ3) is 3.19. The molecule has 0 amide bonds. The Bertz CT molecular complexity index is 309. The van der Waals surface area contributed by atoms with Crippen LogP contribution in [0.4, 0.5) is 0 Å². The Morgan fingerprint density at radius 2 is 2.40 bits per heavy atom. The predicted octanol–water partition coefficient (Wildman–Crippen LogP) is 1.46. The predicted molar refractivity (Wildman–Crippen MR) is 61.1 cm³/mol. The SMILES string of the molecule is CNC(C)(CO)CC(C)n1cc(Cl)cn1. The first-order valence-corrected chi connectivity index (χ1v) is 5.38. The van der Waals surface area contributed by atoms with Crippen molar-refractivity contribution in [2.45, 2.75) is 31.8 Å². The van der Waals surface area contributed by atoms with E-state index in [9.17, 15) is 5.11 Å². The minimum atomic E-state index is -0.280. The Labute approximate surface area is 95.2 Å². The molecule has 0 saturated carbocycles. The number of rotatable bonds is 5. The van der Waals surface area contributed by atoms with Gasteiger partial charge >= 0.3 is 0 Å². The van der Waals surface area contributed by atoms with Crippen LogP contribution in [0.3, 0.4) is 0 Å². The van der Waals surface area contributed by atoms with E-state index in [4.69, 9.17) is 11.6 Å². The third-order valence-corrected chi connectivity index (χ3v) is 2.92. The van der Waals surface area contributed by atoms with Crippen LogP contribution >= 0.6 is 11.6 Å². The van der Waals surface area contributed by atoms with Crippen LogP contribution in [0.15, 0.2) is 12.4 Å². The lowest BCUT2D eigenvalue weighted by atomic mass is 9.95. The Hall–Kier alpha value is -0.580. The summed E-state index contributed by atoms with van der Waals surface area (Å²) >= 11 is 5.80. The fourth-order valence-corrected chi connectivity index (χ4v) is 1.69. The van der Waals surface area contributed by atoms with Gasteiger partial charge < -0.3 is 10.4 Å². The molecule has 15 heavy (non-hydrogen) atoms. The van der Waals surface area contributed by atoms with Crippen LogP contribution in [0.5, 0.6) is 0 Å². The van der Waals surface area contributed by atoms with Crippen molar-refractivity contribution in [1.29, 1.82) is 0 Å². The second-order valence-electron chi connectivity index (χ2n) is 4.16. The lowest BCUT2D eigenvalue weighted by Crippen LogP contribution is -2.44. The first kappa shape index (κ1) is 12.5. The monoisotopic (exact) mass is 231 g/mol. The second kappa shape index (κ2) is 4.96. The van der Waals surface area contributed by atoms with Crippen LogP contribution in [0.25, 0.3) is 0 Å². The van der Waals surface area contributed by atoms with Crippen molar-refractivity contribution < 1.29 is 5.11 Å². The maximum absolute atomic E-state index is 9.27. The summed E-state index contributed by atoms with van der Waals surface area (Å²) in [5.74, 6) is 0. The van der Waals surface area contributed by atoms with Gasteiger partial charge in [0.25, 0.3) is 0 Å². The summed E-state index contributed by atoms with van der Waals surface area (Å²) < 4.78 is 1.81. The minimum Gasteiger partial charge on any atom is -0.394 e. The van der Waals surface area contributed by atoms with E-state index in [0.29, 0.717) is 5.02 Å². The molecule has 0 aliphatic carbocycles. The molecular formula is C10H18ClN3O. The molecule has 1 aromatic rings. The lowest BCUT2D eigenvalue weighted by molar-refractivity contribution is 0.156. The van der Waals surface area contributed by atoms with Gasteiger partial charge in [0.15, 0.2) is 0 Å². The van der Waals surface area contributed by atoms with Gasteiger partial charge in [-0.1, -0.05) is 11.6 Å². The lowest BCUT2D eigenvalue weighted by Gasteiger charge is -2.29. The zero-order valence-corrected chi connectivity index (χ0v) is 10.1. The summed E-state index contributed by atoms with van der Waals surface area (Å²) in [6.07, 6.45) is 4.20. The highest BCUT2D eigenvalue weighted by atomic mass is 35.5. The van der Waals surface area contributed by atoms with Gasteiger partial charge in [-0.15, -0.1) is 0 Å². The van der Waals surface area contributed by atoms with Gasteiger partial charge in [-0.2, -0.15) is 5.10 Å². The molecule has 2 unspecified atom stereocenters. The molecule has 1 heterocycles. The van der Waals surface area contributed by atoms with Crippen LogP contribution in [0.1, 0.15) is 26.3 Å².